The Balaban J connectivity index is 2.61. The Morgan fingerprint density at radius 2 is 2.15 bits per heavy atom. The van der Waals surface area contributed by atoms with E-state index in [0.29, 0.717) is 12.4 Å². The first-order valence-corrected chi connectivity index (χ1v) is 7.19. The van der Waals surface area contributed by atoms with Crippen LogP contribution in [-0.2, 0) is 9.53 Å². The summed E-state index contributed by atoms with van der Waals surface area (Å²) in [6, 6.07) is 5.38. The van der Waals surface area contributed by atoms with Crippen molar-refractivity contribution in [2.24, 2.45) is 5.73 Å². The van der Waals surface area contributed by atoms with E-state index in [1.807, 2.05) is 32.0 Å². The number of amides is 1. The molecule has 5 nitrogen and oxygen atoms in total. The van der Waals surface area contributed by atoms with Crippen LogP contribution in [0.3, 0.4) is 0 Å². The Bertz CT molecular complexity index is 452. The second-order valence-electron chi connectivity index (χ2n) is 4.68. The minimum Gasteiger partial charge on any atom is -0.483 e. The van der Waals surface area contributed by atoms with Gasteiger partial charge in [-0.3, -0.25) is 4.79 Å². The van der Waals surface area contributed by atoms with Gasteiger partial charge in [-0.2, -0.15) is 0 Å². The third-order valence-electron chi connectivity index (χ3n) is 2.65. The van der Waals surface area contributed by atoms with Gasteiger partial charge in [-0.15, -0.1) is 0 Å². The van der Waals surface area contributed by atoms with Crippen LogP contribution in [0.4, 0.5) is 0 Å². The van der Waals surface area contributed by atoms with E-state index < -0.39 is 0 Å². The van der Waals surface area contributed by atoms with Crippen LogP contribution in [0, 0.1) is 0 Å². The third-order valence-corrected chi connectivity index (χ3v) is 3.14. The molecule has 1 amide bonds. The van der Waals surface area contributed by atoms with Gasteiger partial charge in [0.15, 0.2) is 6.61 Å². The molecule has 0 fully saturated rings. The number of methoxy groups -OCH3 is 1. The van der Waals surface area contributed by atoms with Crippen molar-refractivity contribution in [3.8, 4) is 5.75 Å². The van der Waals surface area contributed by atoms with Crippen LogP contribution in [-0.4, -0.2) is 32.3 Å². The Labute approximate surface area is 127 Å². The number of nitrogens with two attached hydrogens (primary N) is 1. The van der Waals surface area contributed by atoms with Crippen molar-refractivity contribution in [3.05, 3.63) is 28.2 Å². The van der Waals surface area contributed by atoms with E-state index in [9.17, 15) is 4.79 Å². The molecule has 0 saturated carbocycles. The van der Waals surface area contributed by atoms with E-state index in [1.54, 1.807) is 7.11 Å². The topological polar surface area (TPSA) is 73.6 Å². The molecule has 0 radical (unpaired) electrons. The average Bonchev–Trinajstić information content (AvgIpc) is 2.36. The minimum atomic E-state index is -0.190. The van der Waals surface area contributed by atoms with E-state index in [2.05, 4.69) is 21.2 Å². The van der Waals surface area contributed by atoms with Crippen molar-refractivity contribution in [1.82, 2.24) is 5.32 Å². The van der Waals surface area contributed by atoms with Gasteiger partial charge in [0, 0.05) is 29.2 Å². The van der Waals surface area contributed by atoms with Crippen LogP contribution in [0.1, 0.15) is 25.5 Å². The molecule has 0 bridgehead atoms. The SMILES string of the molecule is COCC(C)NC(=O)COc1cc(Br)ccc1C(C)N. The summed E-state index contributed by atoms with van der Waals surface area (Å²) in [5.41, 5.74) is 6.75. The lowest BCUT2D eigenvalue weighted by Gasteiger charge is -2.16. The van der Waals surface area contributed by atoms with Crippen molar-refractivity contribution in [1.29, 1.82) is 0 Å². The zero-order valence-corrected chi connectivity index (χ0v) is 13.6. The second-order valence-corrected chi connectivity index (χ2v) is 5.60. The fourth-order valence-corrected chi connectivity index (χ4v) is 2.10. The summed E-state index contributed by atoms with van der Waals surface area (Å²) in [5.74, 6) is 0.425. The number of rotatable bonds is 7. The standard InChI is InChI=1S/C14H21BrN2O3/c1-9(7-19-3)17-14(18)8-20-13-6-11(15)4-5-12(13)10(2)16/h4-6,9-10H,7-8,16H2,1-3H3,(H,17,18). The van der Waals surface area contributed by atoms with Crippen LogP contribution in [0.2, 0.25) is 0 Å². The van der Waals surface area contributed by atoms with Crippen LogP contribution < -0.4 is 15.8 Å². The number of hydrogen-bond acceptors (Lipinski definition) is 4. The van der Waals surface area contributed by atoms with E-state index >= 15 is 0 Å². The van der Waals surface area contributed by atoms with Crippen molar-refractivity contribution < 1.29 is 14.3 Å². The van der Waals surface area contributed by atoms with Crippen molar-refractivity contribution in [3.63, 3.8) is 0 Å². The van der Waals surface area contributed by atoms with Gasteiger partial charge in [-0.25, -0.2) is 0 Å². The molecule has 0 aliphatic rings. The highest BCUT2D eigenvalue weighted by molar-refractivity contribution is 9.10. The normalized spacial score (nSPS) is 13.7. The molecule has 112 valence electrons. The fraction of sp³-hybridized carbons (Fsp3) is 0.500. The quantitative estimate of drug-likeness (QED) is 0.793. The zero-order valence-electron chi connectivity index (χ0n) is 12.0. The lowest BCUT2D eigenvalue weighted by molar-refractivity contribution is -0.124. The maximum absolute atomic E-state index is 11.7. The number of carbonyl (C=O) groups is 1. The van der Waals surface area contributed by atoms with Crippen LogP contribution in [0.5, 0.6) is 5.75 Å². The molecule has 6 heteroatoms. The number of halogens is 1. The molecule has 1 rings (SSSR count). The molecule has 1 aromatic rings. The molecule has 0 aliphatic carbocycles. The van der Waals surface area contributed by atoms with Crippen LogP contribution in [0.15, 0.2) is 22.7 Å². The summed E-state index contributed by atoms with van der Waals surface area (Å²) in [7, 11) is 1.59. The van der Waals surface area contributed by atoms with Gasteiger partial charge in [0.25, 0.3) is 5.91 Å². The van der Waals surface area contributed by atoms with Gasteiger partial charge in [-0.1, -0.05) is 22.0 Å². The first kappa shape index (κ1) is 16.9. The zero-order chi connectivity index (χ0) is 15.1. The maximum atomic E-state index is 11.7. The average molecular weight is 345 g/mol. The molecular formula is C14H21BrN2O3. The van der Waals surface area contributed by atoms with Gasteiger partial charge in [0.1, 0.15) is 5.75 Å². The summed E-state index contributed by atoms with van der Waals surface area (Å²) in [4.78, 5) is 11.7. The van der Waals surface area contributed by atoms with Gasteiger partial charge in [-0.05, 0) is 26.0 Å². The minimum absolute atomic E-state index is 0.0495. The Morgan fingerprint density at radius 1 is 1.45 bits per heavy atom. The van der Waals surface area contributed by atoms with Gasteiger partial charge in [0.2, 0.25) is 0 Å². The summed E-state index contributed by atoms with van der Waals surface area (Å²) >= 11 is 3.38. The summed E-state index contributed by atoms with van der Waals surface area (Å²) in [6.07, 6.45) is 0. The van der Waals surface area contributed by atoms with Crippen molar-refractivity contribution in [2.45, 2.75) is 25.9 Å². The smallest absolute Gasteiger partial charge is 0.258 e. The number of benzene rings is 1. The monoisotopic (exact) mass is 344 g/mol. The third kappa shape index (κ3) is 5.48. The van der Waals surface area contributed by atoms with E-state index in [0.717, 1.165) is 10.0 Å². The highest BCUT2D eigenvalue weighted by Gasteiger charge is 2.12. The van der Waals surface area contributed by atoms with Gasteiger partial charge >= 0.3 is 0 Å². The Kier molecular flexibility index (Phi) is 6.98. The van der Waals surface area contributed by atoms with E-state index in [4.69, 9.17) is 15.2 Å². The predicted molar refractivity (Wildman–Crippen MR) is 81.7 cm³/mol. The van der Waals surface area contributed by atoms with Crippen molar-refractivity contribution >= 4 is 21.8 Å². The van der Waals surface area contributed by atoms with Crippen molar-refractivity contribution in [2.75, 3.05) is 20.3 Å². The van der Waals surface area contributed by atoms with Crippen LogP contribution >= 0.6 is 15.9 Å². The first-order chi connectivity index (χ1) is 9.43. The summed E-state index contributed by atoms with van der Waals surface area (Å²) in [6.45, 7) is 4.16. The molecule has 0 spiro atoms. The molecule has 0 aliphatic heterocycles. The van der Waals surface area contributed by atoms with Crippen LogP contribution in [0.25, 0.3) is 0 Å². The highest BCUT2D eigenvalue weighted by atomic mass is 79.9. The predicted octanol–water partition coefficient (Wildman–Crippen LogP) is 2.00. The lowest BCUT2D eigenvalue weighted by Crippen LogP contribution is -2.38. The molecular weight excluding hydrogens is 324 g/mol. The number of hydrogen-bond donors (Lipinski definition) is 2. The Morgan fingerprint density at radius 3 is 2.75 bits per heavy atom. The van der Waals surface area contributed by atoms with E-state index in [1.165, 1.54) is 0 Å². The molecule has 2 atom stereocenters. The van der Waals surface area contributed by atoms with Gasteiger partial charge < -0.3 is 20.5 Å². The molecule has 1 aromatic carbocycles. The summed E-state index contributed by atoms with van der Waals surface area (Å²) in [5, 5.41) is 2.78. The molecule has 0 heterocycles. The second kappa shape index (κ2) is 8.24. The van der Waals surface area contributed by atoms with Gasteiger partial charge in [0.05, 0.1) is 6.61 Å². The maximum Gasteiger partial charge on any atom is 0.258 e. The van der Waals surface area contributed by atoms with E-state index in [-0.39, 0.29) is 24.6 Å². The highest BCUT2D eigenvalue weighted by Crippen LogP contribution is 2.27. The molecule has 2 unspecified atom stereocenters. The molecule has 20 heavy (non-hydrogen) atoms. The fourth-order valence-electron chi connectivity index (χ4n) is 1.76. The number of ether oxygens (including phenoxy) is 2. The molecule has 0 aromatic heterocycles. The number of carbonyl (C=O) groups excluding carboxylic acids is 1. The Hall–Kier alpha value is -1.11. The lowest BCUT2D eigenvalue weighted by atomic mass is 10.1. The number of nitrogens with one attached hydrogen (secondary N) is 1. The molecule has 0 saturated heterocycles. The largest absolute Gasteiger partial charge is 0.483 e. The summed E-state index contributed by atoms with van der Waals surface area (Å²) < 4.78 is 11.4. The molecule has 3 N–H and O–H groups in total. The first-order valence-electron chi connectivity index (χ1n) is 6.40.